The molecule has 3 nitrogen and oxygen atoms in total. The van der Waals surface area contributed by atoms with Crippen LogP contribution in [0.3, 0.4) is 0 Å². The van der Waals surface area contributed by atoms with E-state index in [4.69, 9.17) is 10.5 Å². The van der Waals surface area contributed by atoms with E-state index in [0.29, 0.717) is 6.42 Å². The van der Waals surface area contributed by atoms with Crippen molar-refractivity contribution in [2.45, 2.75) is 26.4 Å². The molecule has 0 radical (unpaired) electrons. The molecule has 0 aromatic heterocycles. The van der Waals surface area contributed by atoms with Gasteiger partial charge in [-0.25, -0.2) is 0 Å². The summed E-state index contributed by atoms with van der Waals surface area (Å²) in [6.07, 6.45) is 0.0434. The van der Waals surface area contributed by atoms with Crippen molar-refractivity contribution in [2.75, 3.05) is 13.7 Å². The second-order valence-corrected chi connectivity index (χ2v) is 3.84. The van der Waals surface area contributed by atoms with Gasteiger partial charge in [-0.05, 0) is 36.6 Å². The summed E-state index contributed by atoms with van der Waals surface area (Å²) in [6, 6.07) is 4.04. The molecule has 3 heteroatoms. The number of nitrogens with two attached hydrogens (primary N) is 1. The topological polar surface area (TPSA) is 55.5 Å². The van der Waals surface area contributed by atoms with Crippen molar-refractivity contribution in [1.29, 1.82) is 0 Å². The van der Waals surface area contributed by atoms with E-state index in [1.807, 2.05) is 26.0 Å². The summed E-state index contributed by atoms with van der Waals surface area (Å²) in [6.45, 7) is 4.37. The van der Waals surface area contributed by atoms with E-state index in [1.165, 1.54) is 11.1 Å². The molecule has 1 aromatic carbocycles. The lowest BCUT2D eigenvalue weighted by Crippen LogP contribution is -2.22. The van der Waals surface area contributed by atoms with Gasteiger partial charge in [0.15, 0.2) is 0 Å². The maximum absolute atomic E-state index is 9.51. The summed E-state index contributed by atoms with van der Waals surface area (Å²) in [5, 5.41) is 9.51. The molecule has 0 bridgehead atoms. The van der Waals surface area contributed by atoms with Gasteiger partial charge in [-0.15, -0.1) is 0 Å². The first-order chi connectivity index (χ1) is 7.08. The van der Waals surface area contributed by atoms with E-state index in [1.54, 1.807) is 7.11 Å². The van der Waals surface area contributed by atoms with E-state index in [9.17, 15) is 5.11 Å². The first-order valence-corrected chi connectivity index (χ1v) is 5.10. The van der Waals surface area contributed by atoms with Crippen LogP contribution in [0.15, 0.2) is 12.1 Å². The Kier molecular flexibility index (Phi) is 4.12. The zero-order chi connectivity index (χ0) is 11.4. The molecule has 1 aromatic rings. The smallest absolute Gasteiger partial charge is 0.122 e. The van der Waals surface area contributed by atoms with Crippen molar-refractivity contribution in [3.8, 4) is 5.75 Å². The Labute approximate surface area is 90.9 Å². The molecule has 0 spiro atoms. The fourth-order valence-electron chi connectivity index (χ4n) is 1.54. The molecule has 0 aliphatic heterocycles. The highest BCUT2D eigenvalue weighted by atomic mass is 16.5. The third kappa shape index (κ3) is 2.94. The predicted molar refractivity (Wildman–Crippen MR) is 61.2 cm³/mol. The Morgan fingerprint density at radius 3 is 2.47 bits per heavy atom. The van der Waals surface area contributed by atoms with Gasteiger partial charge < -0.3 is 15.6 Å². The summed E-state index contributed by atoms with van der Waals surface area (Å²) >= 11 is 0. The maximum Gasteiger partial charge on any atom is 0.122 e. The Bertz CT molecular complexity index is 337. The van der Waals surface area contributed by atoms with Crippen LogP contribution in [0.2, 0.25) is 0 Å². The van der Waals surface area contributed by atoms with Crippen molar-refractivity contribution in [1.82, 2.24) is 0 Å². The number of benzene rings is 1. The second-order valence-electron chi connectivity index (χ2n) is 3.84. The molecule has 0 saturated heterocycles. The van der Waals surface area contributed by atoms with Crippen LogP contribution in [0, 0.1) is 13.8 Å². The molecule has 0 heterocycles. The minimum absolute atomic E-state index is 0.274. The van der Waals surface area contributed by atoms with Gasteiger partial charge in [-0.2, -0.15) is 0 Å². The van der Waals surface area contributed by atoms with Crippen LogP contribution in [0.5, 0.6) is 5.75 Å². The van der Waals surface area contributed by atoms with Crippen LogP contribution in [0.4, 0.5) is 0 Å². The van der Waals surface area contributed by atoms with Crippen molar-refractivity contribution in [3.05, 3.63) is 28.8 Å². The third-order valence-electron chi connectivity index (χ3n) is 2.62. The number of aliphatic hydroxyl groups excluding tert-OH is 1. The van der Waals surface area contributed by atoms with Crippen LogP contribution < -0.4 is 10.5 Å². The van der Waals surface area contributed by atoms with Gasteiger partial charge in [0.1, 0.15) is 5.75 Å². The quantitative estimate of drug-likeness (QED) is 0.782. The fourth-order valence-corrected chi connectivity index (χ4v) is 1.54. The number of aryl methyl sites for hydroxylation is 2. The minimum atomic E-state index is -0.499. The minimum Gasteiger partial charge on any atom is -0.496 e. The van der Waals surface area contributed by atoms with E-state index in [2.05, 4.69) is 0 Å². The number of hydrogen-bond donors (Lipinski definition) is 2. The van der Waals surface area contributed by atoms with Gasteiger partial charge in [0, 0.05) is 13.0 Å². The Balaban J connectivity index is 2.99. The molecule has 0 fully saturated rings. The zero-order valence-electron chi connectivity index (χ0n) is 9.58. The lowest BCUT2D eigenvalue weighted by atomic mass is 10.0. The van der Waals surface area contributed by atoms with Crippen molar-refractivity contribution >= 4 is 0 Å². The molecule has 15 heavy (non-hydrogen) atoms. The highest BCUT2D eigenvalue weighted by molar-refractivity contribution is 5.42. The van der Waals surface area contributed by atoms with Crippen LogP contribution >= 0.6 is 0 Å². The third-order valence-corrected chi connectivity index (χ3v) is 2.62. The molecule has 84 valence electrons. The first-order valence-electron chi connectivity index (χ1n) is 5.10. The van der Waals surface area contributed by atoms with Crippen molar-refractivity contribution in [3.63, 3.8) is 0 Å². The molecule has 1 rings (SSSR count). The molecule has 0 aliphatic rings. The van der Waals surface area contributed by atoms with Crippen LogP contribution in [0.25, 0.3) is 0 Å². The first kappa shape index (κ1) is 12.0. The Morgan fingerprint density at radius 2 is 1.93 bits per heavy atom. The average Bonchev–Trinajstić information content (AvgIpc) is 2.22. The molecular weight excluding hydrogens is 190 g/mol. The monoisotopic (exact) mass is 209 g/mol. The summed E-state index contributed by atoms with van der Waals surface area (Å²) in [5.74, 6) is 0.825. The van der Waals surface area contributed by atoms with E-state index in [0.717, 1.165) is 11.3 Å². The number of ether oxygens (including phenoxy) is 1. The lowest BCUT2D eigenvalue weighted by Gasteiger charge is -2.14. The predicted octanol–water partition coefficient (Wildman–Crippen LogP) is 1.17. The van der Waals surface area contributed by atoms with Crippen LogP contribution in [0.1, 0.15) is 16.7 Å². The average molecular weight is 209 g/mol. The normalized spacial score (nSPS) is 12.6. The van der Waals surface area contributed by atoms with E-state index in [-0.39, 0.29) is 6.54 Å². The summed E-state index contributed by atoms with van der Waals surface area (Å²) in [7, 11) is 1.64. The number of rotatable bonds is 4. The Morgan fingerprint density at radius 1 is 1.33 bits per heavy atom. The standard InChI is InChI=1S/C12H19NO2/c1-8-4-10(6-11(14)7-13)12(15-3)5-9(8)2/h4-5,11,14H,6-7,13H2,1-3H3. The van der Waals surface area contributed by atoms with Gasteiger partial charge in [-0.3, -0.25) is 0 Å². The van der Waals surface area contributed by atoms with Crippen LogP contribution in [-0.2, 0) is 6.42 Å². The van der Waals surface area contributed by atoms with Gasteiger partial charge in [0.2, 0.25) is 0 Å². The molecule has 0 saturated carbocycles. The SMILES string of the molecule is COc1cc(C)c(C)cc1CC(O)CN. The molecule has 0 aliphatic carbocycles. The molecule has 0 amide bonds. The number of hydrogen-bond acceptors (Lipinski definition) is 3. The van der Waals surface area contributed by atoms with Gasteiger partial charge in [0.25, 0.3) is 0 Å². The molecular formula is C12H19NO2. The Hall–Kier alpha value is -1.06. The molecule has 3 N–H and O–H groups in total. The van der Waals surface area contributed by atoms with Crippen LogP contribution in [-0.4, -0.2) is 24.9 Å². The van der Waals surface area contributed by atoms with Gasteiger partial charge in [-0.1, -0.05) is 6.07 Å². The highest BCUT2D eigenvalue weighted by Gasteiger charge is 2.10. The summed E-state index contributed by atoms with van der Waals surface area (Å²) in [4.78, 5) is 0. The van der Waals surface area contributed by atoms with E-state index >= 15 is 0 Å². The highest BCUT2D eigenvalue weighted by Crippen LogP contribution is 2.24. The summed E-state index contributed by atoms with van der Waals surface area (Å²) < 4.78 is 5.27. The van der Waals surface area contributed by atoms with Crippen molar-refractivity contribution < 1.29 is 9.84 Å². The van der Waals surface area contributed by atoms with Crippen molar-refractivity contribution in [2.24, 2.45) is 5.73 Å². The van der Waals surface area contributed by atoms with Gasteiger partial charge >= 0.3 is 0 Å². The zero-order valence-corrected chi connectivity index (χ0v) is 9.58. The number of aliphatic hydroxyl groups is 1. The fraction of sp³-hybridized carbons (Fsp3) is 0.500. The lowest BCUT2D eigenvalue weighted by molar-refractivity contribution is 0.182. The second kappa shape index (κ2) is 5.14. The molecule has 1 atom stereocenters. The molecule has 1 unspecified atom stereocenters. The maximum atomic E-state index is 9.51. The summed E-state index contributed by atoms with van der Waals surface area (Å²) in [5.41, 5.74) is 8.80. The number of methoxy groups -OCH3 is 1. The van der Waals surface area contributed by atoms with E-state index < -0.39 is 6.10 Å². The largest absolute Gasteiger partial charge is 0.496 e. The van der Waals surface area contributed by atoms with Gasteiger partial charge in [0.05, 0.1) is 13.2 Å².